The van der Waals surface area contributed by atoms with Crippen LogP contribution >= 0.6 is 27.7 Å². The van der Waals surface area contributed by atoms with Gasteiger partial charge < -0.3 is 10.1 Å². The summed E-state index contributed by atoms with van der Waals surface area (Å²) in [5, 5.41) is 3.42. The smallest absolute Gasteiger partial charge is 0.346 e. The number of Topliss-reactive ketones (excluding diaryl/α,β-unsaturated/α-hetero) is 1. The van der Waals surface area contributed by atoms with Crippen LogP contribution in [0.4, 0.5) is 8.78 Å². The predicted molar refractivity (Wildman–Crippen MR) is 97.2 cm³/mol. The summed E-state index contributed by atoms with van der Waals surface area (Å²) in [7, 11) is 0. The summed E-state index contributed by atoms with van der Waals surface area (Å²) in [5.41, 5.74) is 1.38. The zero-order chi connectivity index (χ0) is 17.6. The standard InChI is InChI=1S/C18H18BrF2NO2S/c19-10-3-2-7-18(9-10,24-17(20)21)15-14-11(4-1-5-13(14)23)22-12-6-8-25-16(12)15/h2-3,7,15,17,22H,1,4-6,8-9H2. The molecular weight excluding hydrogens is 412 g/mol. The molecule has 4 aliphatic rings. The first-order valence-electron chi connectivity index (χ1n) is 8.39. The average molecular weight is 430 g/mol. The van der Waals surface area contributed by atoms with E-state index < -0.39 is 18.1 Å². The van der Waals surface area contributed by atoms with Crippen molar-refractivity contribution in [2.75, 3.05) is 5.75 Å². The molecule has 2 atom stereocenters. The molecule has 0 spiro atoms. The third-order valence-corrected chi connectivity index (χ3v) is 6.86. The molecule has 0 saturated carbocycles. The van der Waals surface area contributed by atoms with E-state index in [2.05, 4.69) is 21.2 Å². The maximum absolute atomic E-state index is 13.4. The second kappa shape index (κ2) is 6.67. The Balaban J connectivity index is 1.86. The fraction of sp³-hybridized carbons (Fsp3) is 0.500. The zero-order valence-corrected chi connectivity index (χ0v) is 15.9. The number of ether oxygens (including phenoxy) is 1. The molecule has 2 unspecified atom stereocenters. The number of nitrogens with one attached hydrogen (secondary N) is 1. The van der Waals surface area contributed by atoms with Gasteiger partial charge in [0, 0.05) is 40.5 Å². The van der Waals surface area contributed by atoms with E-state index in [4.69, 9.17) is 4.74 Å². The van der Waals surface area contributed by atoms with Crippen molar-refractivity contribution in [3.63, 3.8) is 0 Å². The number of ketones is 1. The second-order valence-electron chi connectivity index (χ2n) is 6.65. The van der Waals surface area contributed by atoms with Crippen LogP contribution in [0, 0.1) is 5.92 Å². The van der Waals surface area contributed by atoms with Gasteiger partial charge in [0.2, 0.25) is 0 Å². The van der Waals surface area contributed by atoms with Gasteiger partial charge in [-0.1, -0.05) is 34.2 Å². The molecule has 0 aromatic heterocycles. The average Bonchev–Trinajstić information content (AvgIpc) is 3.00. The van der Waals surface area contributed by atoms with Crippen molar-refractivity contribution in [1.29, 1.82) is 0 Å². The Morgan fingerprint density at radius 1 is 1.32 bits per heavy atom. The molecule has 1 N–H and O–H groups in total. The van der Waals surface area contributed by atoms with Crippen LogP contribution in [0.3, 0.4) is 0 Å². The zero-order valence-electron chi connectivity index (χ0n) is 13.5. The number of allylic oxidation sites excluding steroid dienone is 4. The van der Waals surface area contributed by atoms with Crippen LogP contribution in [-0.2, 0) is 9.53 Å². The third kappa shape index (κ3) is 3.04. The van der Waals surface area contributed by atoms with Crippen molar-refractivity contribution in [2.24, 2.45) is 5.92 Å². The minimum Gasteiger partial charge on any atom is -0.361 e. The van der Waals surface area contributed by atoms with Gasteiger partial charge in [-0.25, -0.2) is 0 Å². The van der Waals surface area contributed by atoms with Gasteiger partial charge in [0.1, 0.15) is 5.60 Å². The van der Waals surface area contributed by atoms with Gasteiger partial charge >= 0.3 is 6.61 Å². The number of carbonyl (C=O) groups excluding carboxylic acids is 1. The van der Waals surface area contributed by atoms with Crippen LogP contribution in [0.15, 0.2) is 44.6 Å². The predicted octanol–water partition coefficient (Wildman–Crippen LogP) is 4.78. The summed E-state index contributed by atoms with van der Waals surface area (Å²) in [6, 6.07) is 0. The van der Waals surface area contributed by atoms with Crippen molar-refractivity contribution in [3.8, 4) is 0 Å². The van der Waals surface area contributed by atoms with Crippen molar-refractivity contribution in [3.05, 3.63) is 44.6 Å². The van der Waals surface area contributed by atoms with E-state index in [1.165, 1.54) is 0 Å². The van der Waals surface area contributed by atoms with E-state index in [0.29, 0.717) is 18.4 Å². The fourth-order valence-electron chi connectivity index (χ4n) is 4.17. The first-order chi connectivity index (χ1) is 12.0. The number of rotatable bonds is 3. The summed E-state index contributed by atoms with van der Waals surface area (Å²) >= 11 is 5.09. The van der Waals surface area contributed by atoms with E-state index in [0.717, 1.165) is 45.8 Å². The second-order valence-corrected chi connectivity index (χ2v) is 8.81. The van der Waals surface area contributed by atoms with Gasteiger partial charge in [0.15, 0.2) is 5.78 Å². The largest absolute Gasteiger partial charge is 0.361 e. The molecule has 134 valence electrons. The van der Waals surface area contributed by atoms with Crippen LogP contribution in [0.2, 0.25) is 0 Å². The number of hydrogen-bond donors (Lipinski definition) is 1. The minimum absolute atomic E-state index is 0.0501. The quantitative estimate of drug-likeness (QED) is 0.700. The Bertz CT molecular complexity index is 743. The Kier molecular flexibility index (Phi) is 4.67. The Morgan fingerprint density at radius 2 is 2.16 bits per heavy atom. The summed E-state index contributed by atoms with van der Waals surface area (Å²) in [6.45, 7) is -2.91. The molecule has 0 fully saturated rings. The first-order valence-corrected chi connectivity index (χ1v) is 10.2. The van der Waals surface area contributed by atoms with Crippen LogP contribution in [-0.4, -0.2) is 23.7 Å². The van der Waals surface area contributed by atoms with Crippen molar-refractivity contribution in [1.82, 2.24) is 5.32 Å². The van der Waals surface area contributed by atoms with Crippen LogP contribution in [0.25, 0.3) is 0 Å². The van der Waals surface area contributed by atoms with Gasteiger partial charge in [-0.05, 0) is 23.7 Å². The number of thioether (sulfide) groups is 1. The lowest BCUT2D eigenvalue weighted by Gasteiger charge is -2.44. The molecule has 3 nitrogen and oxygen atoms in total. The number of hydrogen-bond acceptors (Lipinski definition) is 4. The highest BCUT2D eigenvalue weighted by atomic mass is 79.9. The highest BCUT2D eigenvalue weighted by Crippen LogP contribution is 2.53. The lowest BCUT2D eigenvalue weighted by atomic mass is 9.71. The molecule has 7 heteroatoms. The lowest BCUT2D eigenvalue weighted by Crippen LogP contribution is -2.47. The highest BCUT2D eigenvalue weighted by molar-refractivity contribution is 9.11. The normalized spacial score (nSPS) is 31.9. The highest BCUT2D eigenvalue weighted by Gasteiger charge is 2.51. The van der Waals surface area contributed by atoms with Crippen LogP contribution in [0.5, 0.6) is 0 Å². The van der Waals surface area contributed by atoms with E-state index >= 15 is 0 Å². The molecule has 2 aliphatic carbocycles. The molecule has 2 heterocycles. The SMILES string of the molecule is O=C1CCCC2=C1C(C1(OC(F)F)C=CC=C(Br)C1)C1=C(CCS1)N2. The molecule has 2 aliphatic heterocycles. The molecular formula is C18H18BrF2NO2S. The van der Waals surface area contributed by atoms with Gasteiger partial charge in [0.05, 0.1) is 5.92 Å². The Hall–Kier alpha value is -0.920. The van der Waals surface area contributed by atoms with E-state index in [1.54, 1.807) is 23.9 Å². The Labute approximate surface area is 157 Å². The summed E-state index contributed by atoms with van der Waals surface area (Å²) < 4.78 is 32.8. The summed E-state index contributed by atoms with van der Waals surface area (Å²) in [4.78, 5) is 13.7. The maximum atomic E-state index is 13.4. The monoisotopic (exact) mass is 429 g/mol. The number of alkyl halides is 2. The molecule has 0 aromatic rings. The van der Waals surface area contributed by atoms with E-state index in [1.807, 2.05) is 6.08 Å². The van der Waals surface area contributed by atoms with E-state index in [9.17, 15) is 13.6 Å². The molecule has 0 saturated heterocycles. The van der Waals surface area contributed by atoms with E-state index in [-0.39, 0.29) is 5.78 Å². The van der Waals surface area contributed by atoms with Crippen molar-refractivity contribution >= 4 is 33.5 Å². The van der Waals surface area contributed by atoms with Crippen molar-refractivity contribution < 1.29 is 18.3 Å². The van der Waals surface area contributed by atoms with Gasteiger partial charge in [-0.15, -0.1) is 11.8 Å². The summed E-state index contributed by atoms with van der Waals surface area (Å²) in [5.74, 6) is 0.480. The molecule has 0 bridgehead atoms. The number of dihydropyridines is 1. The molecule has 4 rings (SSSR count). The third-order valence-electron chi connectivity index (χ3n) is 5.11. The topological polar surface area (TPSA) is 38.3 Å². The van der Waals surface area contributed by atoms with Crippen LogP contribution in [0.1, 0.15) is 32.1 Å². The Morgan fingerprint density at radius 3 is 2.92 bits per heavy atom. The maximum Gasteiger partial charge on any atom is 0.346 e. The lowest BCUT2D eigenvalue weighted by molar-refractivity contribution is -0.200. The summed E-state index contributed by atoms with van der Waals surface area (Å²) in [6.07, 6.45) is 8.49. The van der Waals surface area contributed by atoms with Crippen molar-refractivity contribution in [2.45, 2.75) is 44.3 Å². The molecule has 0 amide bonds. The molecule has 0 radical (unpaired) electrons. The number of carbonyl (C=O) groups is 1. The van der Waals surface area contributed by atoms with Crippen LogP contribution < -0.4 is 5.32 Å². The van der Waals surface area contributed by atoms with Gasteiger partial charge in [-0.3, -0.25) is 4.79 Å². The molecule has 0 aromatic carbocycles. The minimum atomic E-state index is -2.91. The van der Waals surface area contributed by atoms with Gasteiger partial charge in [-0.2, -0.15) is 8.78 Å². The van der Waals surface area contributed by atoms with Gasteiger partial charge in [0.25, 0.3) is 0 Å². The molecule has 25 heavy (non-hydrogen) atoms. The first kappa shape index (κ1) is 17.5. The number of halogens is 3. The fourth-order valence-corrected chi connectivity index (χ4v) is 6.10.